The summed E-state index contributed by atoms with van der Waals surface area (Å²) in [5.41, 5.74) is 3.76. The second-order valence-corrected chi connectivity index (χ2v) is 7.28. The Morgan fingerprint density at radius 1 is 0.893 bits per heavy atom. The Balaban J connectivity index is 0.00000109. The van der Waals surface area contributed by atoms with Gasteiger partial charge in [0.05, 0.1) is 12.7 Å². The average Bonchev–Trinajstić information content (AvgIpc) is 2.77. The minimum atomic E-state index is -0.219. The van der Waals surface area contributed by atoms with Gasteiger partial charge in [0.15, 0.2) is 6.29 Å². The van der Waals surface area contributed by atoms with Crippen molar-refractivity contribution in [2.45, 2.75) is 39.6 Å². The molecule has 4 heteroatoms. The van der Waals surface area contributed by atoms with E-state index in [9.17, 15) is 0 Å². The van der Waals surface area contributed by atoms with E-state index in [0.29, 0.717) is 0 Å². The Kier molecular flexibility index (Phi) is 7.90. The number of piperazine rings is 1. The number of nitrogens with zero attached hydrogens (tertiary/aromatic N) is 2. The van der Waals surface area contributed by atoms with Gasteiger partial charge in [0.1, 0.15) is 0 Å². The fourth-order valence-electron chi connectivity index (χ4n) is 3.74. The van der Waals surface area contributed by atoms with Crippen molar-refractivity contribution in [1.29, 1.82) is 0 Å². The summed E-state index contributed by atoms with van der Waals surface area (Å²) >= 11 is 0. The Morgan fingerprint density at radius 3 is 2.25 bits per heavy atom. The summed E-state index contributed by atoms with van der Waals surface area (Å²) in [5.74, 6) is 0. The van der Waals surface area contributed by atoms with Crippen molar-refractivity contribution in [3.63, 3.8) is 0 Å². The molecular weight excluding hydrogens is 348 g/mol. The SMILES string of the molecule is CC.Cc1ccc(N2CCN(CC3CCOC(c4ccccc4)O3)CC2)cc1. The third-order valence-corrected chi connectivity index (χ3v) is 5.33. The van der Waals surface area contributed by atoms with E-state index in [1.165, 1.54) is 11.3 Å². The lowest BCUT2D eigenvalue weighted by molar-refractivity contribution is -0.220. The molecule has 0 N–H and O–H groups in total. The maximum Gasteiger partial charge on any atom is 0.184 e. The Labute approximate surface area is 170 Å². The van der Waals surface area contributed by atoms with Crippen molar-refractivity contribution in [3.05, 3.63) is 65.7 Å². The second kappa shape index (κ2) is 10.6. The molecule has 4 nitrogen and oxygen atoms in total. The van der Waals surface area contributed by atoms with Crippen LogP contribution in [-0.4, -0.2) is 50.3 Å². The third-order valence-electron chi connectivity index (χ3n) is 5.33. The highest BCUT2D eigenvalue weighted by molar-refractivity contribution is 5.47. The topological polar surface area (TPSA) is 24.9 Å². The van der Waals surface area contributed by atoms with Crippen molar-refractivity contribution < 1.29 is 9.47 Å². The summed E-state index contributed by atoms with van der Waals surface area (Å²) in [5, 5.41) is 0. The predicted octanol–water partition coefficient (Wildman–Crippen LogP) is 4.65. The minimum Gasteiger partial charge on any atom is -0.369 e. The molecular formula is C24H34N2O2. The molecule has 4 rings (SSSR count). The van der Waals surface area contributed by atoms with Crippen molar-refractivity contribution in [2.75, 3.05) is 44.2 Å². The average molecular weight is 383 g/mol. The van der Waals surface area contributed by atoms with E-state index in [4.69, 9.17) is 9.47 Å². The summed E-state index contributed by atoms with van der Waals surface area (Å²) in [4.78, 5) is 5.01. The first kappa shape index (κ1) is 20.8. The van der Waals surface area contributed by atoms with Gasteiger partial charge in [-0.25, -0.2) is 0 Å². The van der Waals surface area contributed by atoms with Gasteiger partial charge in [-0.15, -0.1) is 0 Å². The zero-order chi connectivity index (χ0) is 19.8. The molecule has 2 aliphatic heterocycles. The highest BCUT2D eigenvalue weighted by Gasteiger charge is 2.27. The molecule has 2 fully saturated rings. The van der Waals surface area contributed by atoms with Crippen molar-refractivity contribution in [3.8, 4) is 0 Å². The number of hydrogen-bond donors (Lipinski definition) is 0. The largest absolute Gasteiger partial charge is 0.369 e. The molecule has 2 atom stereocenters. The molecule has 0 spiro atoms. The van der Waals surface area contributed by atoms with Gasteiger partial charge in [0.2, 0.25) is 0 Å². The number of hydrogen-bond acceptors (Lipinski definition) is 4. The van der Waals surface area contributed by atoms with Crippen LogP contribution in [0.15, 0.2) is 54.6 Å². The second-order valence-electron chi connectivity index (χ2n) is 7.28. The summed E-state index contributed by atoms with van der Waals surface area (Å²) in [6.07, 6.45) is 1.00. The number of benzene rings is 2. The molecule has 152 valence electrons. The molecule has 2 aliphatic rings. The van der Waals surface area contributed by atoms with Crippen LogP contribution >= 0.6 is 0 Å². The van der Waals surface area contributed by atoms with Gasteiger partial charge in [0, 0.05) is 44.0 Å². The molecule has 2 unspecified atom stereocenters. The first-order valence-electron chi connectivity index (χ1n) is 10.6. The van der Waals surface area contributed by atoms with Crippen LogP contribution in [0.3, 0.4) is 0 Å². The molecule has 0 aliphatic carbocycles. The first-order valence-corrected chi connectivity index (χ1v) is 10.6. The van der Waals surface area contributed by atoms with Crippen LogP contribution in [0.2, 0.25) is 0 Å². The highest BCUT2D eigenvalue weighted by atomic mass is 16.7. The summed E-state index contributed by atoms with van der Waals surface area (Å²) in [6, 6.07) is 19.1. The van der Waals surface area contributed by atoms with Gasteiger partial charge in [0.25, 0.3) is 0 Å². The van der Waals surface area contributed by atoms with E-state index in [-0.39, 0.29) is 12.4 Å². The molecule has 0 bridgehead atoms. The van der Waals surface area contributed by atoms with Crippen molar-refractivity contribution >= 4 is 5.69 Å². The maximum absolute atomic E-state index is 6.22. The van der Waals surface area contributed by atoms with Crippen LogP contribution in [0.1, 0.15) is 37.7 Å². The number of aryl methyl sites for hydroxylation is 1. The minimum absolute atomic E-state index is 0.219. The lowest BCUT2D eigenvalue weighted by atomic mass is 10.1. The van der Waals surface area contributed by atoms with Gasteiger partial charge in [-0.2, -0.15) is 0 Å². The fraction of sp³-hybridized carbons (Fsp3) is 0.500. The molecule has 2 aromatic carbocycles. The highest BCUT2D eigenvalue weighted by Crippen LogP contribution is 2.27. The monoisotopic (exact) mass is 382 g/mol. The van der Waals surface area contributed by atoms with Crippen LogP contribution in [0.5, 0.6) is 0 Å². The predicted molar refractivity (Wildman–Crippen MR) is 116 cm³/mol. The van der Waals surface area contributed by atoms with Crippen LogP contribution in [0, 0.1) is 6.92 Å². The van der Waals surface area contributed by atoms with Gasteiger partial charge in [-0.1, -0.05) is 61.9 Å². The summed E-state index contributed by atoms with van der Waals surface area (Å²) in [7, 11) is 0. The van der Waals surface area contributed by atoms with E-state index in [1.807, 2.05) is 32.0 Å². The Bertz CT molecular complexity index is 682. The summed E-state index contributed by atoms with van der Waals surface area (Å²) < 4.78 is 12.0. The van der Waals surface area contributed by atoms with E-state index in [1.54, 1.807) is 0 Å². The standard InChI is InChI=1S/C22H28N2O2.C2H6/c1-18-7-9-20(10-8-18)24-14-12-23(13-15-24)17-21-11-16-25-22(26-21)19-5-3-2-4-6-19;1-2/h2-10,21-22H,11-17H2,1H3;1-2H3. The summed E-state index contributed by atoms with van der Waals surface area (Å²) in [6.45, 7) is 12.2. The zero-order valence-corrected chi connectivity index (χ0v) is 17.5. The number of rotatable bonds is 4. The number of anilines is 1. The lowest BCUT2D eigenvalue weighted by Gasteiger charge is -2.39. The third kappa shape index (κ3) is 5.57. The van der Waals surface area contributed by atoms with Crippen LogP contribution in [0.4, 0.5) is 5.69 Å². The number of ether oxygens (including phenoxy) is 2. The van der Waals surface area contributed by atoms with Gasteiger partial charge in [-0.3, -0.25) is 4.90 Å². The van der Waals surface area contributed by atoms with Crippen molar-refractivity contribution in [1.82, 2.24) is 4.90 Å². The smallest absolute Gasteiger partial charge is 0.184 e. The molecule has 28 heavy (non-hydrogen) atoms. The normalized spacial score (nSPS) is 23.0. The van der Waals surface area contributed by atoms with Crippen LogP contribution < -0.4 is 4.90 Å². The van der Waals surface area contributed by atoms with Crippen molar-refractivity contribution in [2.24, 2.45) is 0 Å². The molecule has 0 amide bonds. The van der Waals surface area contributed by atoms with E-state index >= 15 is 0 Å². The van der Waals surface area contributed by atoms with E-state index < -0.39 is 0 Å². The lowest BCUT2D eigenvalue weighted by Crippen LogP contribution is -2.49. The maximum atomic E-state index is 6.22. The molecule has 2 saturated heterocycles. The van der Waals surface area contributed by atoms with Crippen LogP contribution in [-0.2, 0) is 9.47 Å². The van der Waals surface area contributed by atoms with Crippen LogP contribution in [0.25, 0.3) is 0 Å². The first-order chi connectivity index (χ1) is 13.8. The quantitative estimate of drug-likeness (QED) is 0.769. The molecule has 2 heterocycles. The van der Waals surface area contributed by atoms with Gasteiger partial charge in [-0.05, 0) is 25.5 Å². The Hall–Kier alpha value is -1.88. The van der Waals surface area contributed by atoms with E-state index in [2.05, 4.69) is 53.1 Å². The fourth-order valence-corrected chi connectivity index (χ4v) is 3.74. The van der Waals surface area contributed by atoms with Gasteiger partial charge < -0.3 is 14.4 Å². The molecule has 0 aromatic heterocycles. The van der Waals surface area contributed by atoms with Gasteiger partial charge >= 0.3 is 0 Å². The molecule has 0 saturated carbocycles. The molecule has 2 aromatic rings. The van der Waals surface area contributed by atoms with E-state index in [0.717, 1.165) is 51.3 Å². The zero-order valence-electron chi connectivity index (χ0n) is 17.5. The molecule has 0 radical (unpaired) electrons. The Morgan fingerprint density at radius 2 is 1.57 bits per heavy atom.